The normalized spacial score (nSPS) is 10.7. The van der Waals surface area contributed by atoms with Gasteiger partial charge in [-0.15, -0.1) is 13.2 Å². The summed E-state index contributed by atoms with van der Waals surface area (Å²) < 4.78 is 3.71. The average molecular weight is 317 g/mol. The number of hydrogen-bond acceptors (Lipinski definition) is 4. The van der Waals surface area contributed by atoms with Crippen molar-refractivity contribution in [2.24, 2.45) is 14.1 Å². The Bertz CT molecular complexity index is 877. The van der Waals surface area contributed by atoms with Crippen LogP contribution in [0.15, 0.2) is 41.2 Å². The van der Waals surface area contributed by atoms with Gasteiger partial charge in [-0.3, -0.25) is 14.2 Å². The molecule has 122 valence electrons. The van der Waals surface area contributed by atoms with E-state index >= 15 is 0 Å². The molecule has 0 bridgehead atoms. The summed E-state index contributed by atoms with van der Waals surface area (Å²) in [6.07, 6.45) is 4.61. The number of imidazole rings is 1. The molecule has 0 aliphatic rings. The lowest BCUT2D eigenvalue weighted by Crippen LogP contribution is -2.44. The second-order valence-corrected chi connectivity index (χ2v) is 5.14. The molecule has 0 N–H and O–H groups in total. The van der Waals surface area contributed by atoms with Gasteiger partial charge in [0.05, 0.1) is 6.33 Å². The summed E-state index contributed by atoms with van der Waals surface area (Å²) in [5.74, 6) is -0.356. The summed E-state index contributed by atoms with van der Waals surface area (Å²) in [5.41, 5.74) is -0.542. The van der Waals surface area contributed by atoms with Gasteiger partial charge in [0.1, 0.15) is 6.54 Å². The molecular formula is C15H19N5O3. The van der Waals surface area contributed by atoms with Crippen LogP contribution < -0.4 is 11.2 Å². The molecule has 23 heavy (non-hydrogen) atoms. The SMILES string of the molecule is C=CCN(CC=C)C(=O)Cn1c(=O)c2c(ncn2C)n(C)c1=O. The molecule has 0 saturated carbocycles. The van der Waals surface area contributed by atoms with Gasteiger partial charge < -0.3 is 9.47 Å². The van der Waals surface area contributed by atoms with Crippen LogP contribution in [0.2, 0.25) is 0 Å². The lowest BCUT2D eigenvalue weighted by Gasteiger charge is -2.19. The summed E-state index contributed by atoms with van der Waals surface area (Å²) in [6.45, 7) is 7.47. The Morgan fingerprint density at radius 3 is 2.43 bits per heavy atom. The van der Waals surface area contributed by atoms with Gasteiger partial charge in [0, 0.05) is 27.2 Å². The van der Waals surface area contributed by atoms with Crippen LogP contribution in [0.5, 0.6) is 0 Å². The van der Waals surface area contributed by atoms with Crippen molar-refractivity contribution in [1.29, 1.82) is 0 Å². The third kappa shape index (κ3) is 2.87. The molecule has 0 atom stereocenters. The molecule has 1 amide bonds. The number of nitrogens with zero attached hydrogens (tertiary/aromatic N) is 5. The second kappa shape index (κ2) is 6.47. The first-order valence-corrected chi connectivity index (χ1v) is 7.02. The summed E-state index contributed by atoms with van der Waals surface area (Å²) in [6, 6.07) is 0. The Hall–Kier alpha value is -2.90. The predicted molar refractivity (Wildman–Crippen MR) is 87.2 cm³/mol. The summed E-state index contributed by atoms with van der Waals surface area (Å²) in [7, 11) is 3.18. The summed E-state index contributed by atoms with van der Waals surface area (Å²) in [5, 5.41) is 0. The Kier molecular flexibility index (Phi) is 4.63. The second-order valence-electron chi connectivity index (χ2n) is 5.14. The number of carbonyl (C=O) groups excluding carboxylic acids is 1. The van der Waals surface area contributed by atoms with Crippen molar-refractivity contribution >= 4 is 17.1 Å². The topological polar surface area (TPSA) is 82.1 Å². The monoisotopic (exact) mass is 317 g/mol. The molecule has 0 aromatic carbocycles. The first kappa shape index (κ1) is 16.5. The minimum Gasteiger partial charge on any atom is -0.334 e. The van der Waals surface area contributed by atoms with Gasteiger partial charge in [-0.1, -0.05) is 12.2 Å². The first-order chi connectivity index (χ1) is 10.9. The van der Waals surface area contributed by atoms with Crippen LogP contribution >= 0.6 is 0 Å². The molecule has 8 nitrogen and oxygen atoms in total. The van der Waals surface area contributed by atoms with Crippen LogP contribution in [0, 0.1) is 0 Å². The Morgan fingerprint density at radius 1 is 1.26 bits per heavy atom. The van der Waals surface area contributed by atoms with E-state index in [1.807, 2.05) is 0 Å². The molecule has 2 rings (SSSR count). The smallest absolute Gasteiger partial charge is 0.332 e. The van der Waals surface area contributed by atoms with Gasteiger partial charge in [0.2, 0.25) is 5.91 Å². The lowest BCUT2D eigenvalue weighted by molar-refractivity contribution is -0.130. The van der Waals surface area contributed by atoms with Crippen molar-refractivity contribution in [1.82, 2.24) is 23.6 Å². The van der Waals surface area contributed by atoms with Crippen molar-refractivity contribution in [2.45, 2.75) is 6.54 Å². The highest BCUT2D eigenvalue weighted by molar-refractivity contribution is 5.77. The van der Waals surface area contributed by atoms with Gasteiger partial charge in [0.25, 0.3) is 5.56 Å². The van der Waals surface area contributed by atoms with E-state index in [0.717, 1.165) is 4.57 Å². The van der Waals surface area contributed by atoms with Crippen molar-refractivity contribution < 1.29 is 4.79 Å². The van der Waals surface area contributed by atoms with Crippen LogP contribution in [-0.2, 0) is 25.4 Å². The predicted octanol–water partition coefficient (Wildman–Crippen LogP) is -0.366. The molecule has 2 aromatic heterocycles. The minimum absolute atomic E-state index is 0.277. The van der Waals surface area contributed by atoms with E-state index in [9.17, 15) is 14.4 Å². The molecule has 0 radical (unpaired) electrons. The minimum atomic E-state index is -0.577. The molecular weight excluding hydrogens is 298 g/mol. The molecule has 0 spiro atoms. The maximum absolute atomic E-state index is 12.5. The Labute approximate surface area is 132 Å². The fraction of sp³-hybridized carbons (Fsp3) is 0.333. The third-order valence-corrected chi connectivity index (χ3v) is 3.55. The molecule has 2 aromatic rings. The number of rotatable bonds is 6. The van der Waals surface area contributed by atoms with Gasteiger partial charge in [0.15, 0.2) is 11.2 Å². The van der Waals surface area contributed by atoms with E-state index in [4.69, 9.17) is 0 Å². The number of fused-ring (bicyclic) bond motifs is 1. The molecule has 2 heterocycles. The van der Waals surface area contributed by atoms with Crippen LogP contribution in [0.25, 0.3) is 11.2 Å². The van der Waals surface area contributed by atoms with E-state index in [-0.39, 0.29) is 18.0 Å². The largest absolute Gasteiger partial charge is 0.334 e. The van der Waals surface area contributed by atoms with E-state index in [0.29, 0.717) is 18.7 Å². The molecule has 0 aliphatic carbocycles. The third-order valence-electron chi connectivity index (χ3n) is 3.55. The van der Waals surface area contributed by atoms with Gasteiger partial charge in [-0.2, -0.15) is 0 Å². The standard InChI is InChI=1S/C15H19N5O3/c1-5-7-19(8-6-2)11(21)9-20-14(22)12-13(16-10-17(12)3)18(4)15(20)23/h5-6,10H,1-2,7-9H2,3-4H3. The Balaban J connectivity index is 2.52. The highest BCUT2D eigenvalue weighted by Crippen LogP contribution is 2.03. The van der Waals surface area contributed by atoms with Crippen LogP contribution in [0.4, 0.5) is 0 Å². The van der Waals surface area contributed by atoms with Crippen molar-refractivity contribution in [3.05, 3.63) is 52.5 Å². The highest BCUT2D eigenvalue weighted by Gasteiger charge is 2.19. The zero-order valence-corrected chi connectivity index (χ0v) is 13.2. The maximum Gasteiger partial charge on any atom is 0.332 e. The molecule has 0 fully saturated rings. The number of aryl methyl sites for hydroxylation is 2. The Morgan fingerprint density at radius 2 is 1.87 bits per heavy atom. The quantitative estimate of drug-likeness (QED) is 0.681. The zero-order valence-electron chi connectivity index (χ0n) is 13.2. The number of aromatic nitrogens is 4. The highest BCUT2D eigenvalue weighted by atomic mass is 16.2. The van der Waals surface area contributed by atoms with Crippen molar-refractivity contribution in [2.75, 3.05) is 13.1 Å². The van der Waals surface area contributed by atoms with Gasteiger partial charge in [-0.05, 0) is 0 Å². The molecule has 0 unspecified atom stereocenters. The molecule has 0 aliphatic heterocycles. The summed E-state index contributed by atoms with van der Waals surface area (Å²) in [4.78, 5) is 42.8. The van der Waals surface area contributed by atoms with E-state index in [1.165, 1.54) is 27.4 Å². The summed E-state index contributed by atoms with van der Waals surface area (Å²) >= 11 is 0. The first-order valence-electron chi connectivity index (χ1n) is 7.02. The van der Waals surface area contributed by atoms with E-state index in [1.54, 1.807) is 19.2 Å². The number of amides is 1. The van der Waals surface area contributed by atoms with Crippen LogP contribution in [-0.4, -0.2) is 42.6 Å². The molecule has 8 heteroatoms. The van der Waals surface area contributed by atoms with Gasteiger partial charge in [-0.25, -0.2) is 14.3 Å². The van der Waals surface area contributed by atoms with Crippen molar-refractivity contribution in [3.63, 3.8) is 0 Å². The van der Waals surface area contributed by atoms with E-state index < -0.39 is 11.2 Å². The van der Waals surface area contributed by atoms with Crippen molar-refractivity contribution in [3.8, 4) is 0 Å². The number of hydrogen-bond donors (Lipinski definition) is 0. The fourth-order valence-electron chi connectivity index (χ4n) is 2.36. The zero-order chi connectivity index (χ0) is 17.1. The van der Waals surface area contributed by atoms with Crippen LogP contribution in [0.3, 0.4) is 0 Å². The maximum atomic E-state index is 12.5. The average Bonchev–Trinajstić information content (AvgIpc) is 2.91. The fourth-order valence-corrected chi connectivity index (χ4v) is 2.36. The number of carbonyl (C=O) groups is 1. The van der Waals surface area contributed by atoms with Gasteiger partial charge >= 0.3 is 5.69 Å². The lowest BCUT2D eigenvalue weighted by atomic mass is 10.4. The van der Waals surface area contributed by atoms with E-state index in [2.05, 4.69) is 18.1 Å². The van der Waals surface area contributed by atoms with Crippen LogP contribution in [0.1, 0.15) is 0 Å². The molecule has 0 saturated heterocycles.